The van der Waals surface area contributed by atoms with E-state index in [-0.39, 0.29) is 0 Å². The van der Waals surface area contributed by atoms with Crippen molar-refractivity contribution < 1.29 is 5.11 Å². The maximum Gasteiger partial charge on any atom is 0.0961 e. The van der Waals surface area contributed by atoms with Crippen LogP contribution in [0, 0.1) is 6.92 Å². The third-order valence-corrected chi connectivity index (χ3v) is 3.01. The maximum atomic E-state index is 9.11. The van der Waals surface area contributed by atoms with E-state index >= 15 is 0 Å². The van der Waals surface area contributed by atoms with Crippen molar-refractivity contribution in [2.24, 2.45) is 0 Å². The van der Waals surface area contributed by atoms with Crippen LogP contribution in [0.5, 0.6) is 0 Å². The van der Waals surface area contributed by atoms with Crippen LogP contribution in [0.3, 0.4) is 0 Å². The number of rotatable bonds is 1. The third kappa shape index (κ3) is 1.51. The first-order chi connectivity index (χ1) is 4.61. The number of hydrogen-bond acceptors (Lipinski definition) is 2. The molecule has 3 heteroatoms. The number of thiophene rings is 1. The zero-order valence-corrected chi connectivity index (χ0v) is 7.46. The molecule has 0 fully saturated rings. The van der Waals surface area contributed by atoms with Gasteiger partial charge >= 0.3 is 0 Å². The van der Waals surface area contributed by atoms with Gasteiger partial charge in [-0.3, -0.25) is 0 Å². The third-order valence-electron chi connectivity index (χ3n) is 1.29. The molecule has 1 unspecified atom stereocenters. The highest BCUT2D eigenvalue weighted by Gasteiger charge is 2.06. The van der Waals surface area contributed by atoms with Crippen molar-refractivity contribution in [1.29, 1.82) is 0 Å². The van der Waals surface area contributed by atoms with Gasteiger partial charge in [-0.15, -0.1) is 11.3 Å². The highest BCUT2D eigenvalue weighted by atomic mass is 35.5. The molecule has 0 amide bonds. The Morgan fingerprint density at radius 2 is 2.30 bits per heavy atom. The molecule has 10 heavy (non-hydrogen) atoms. The molecular weight excluding hydrogens is 168 g/mol. The molecule has 0 radical (unpaired) electrons. The van der Waals surface area contributed by atoms with Gasteiger partial charge in [0.15, 0.2) is 0 Å². The Morgan fingerprint density at radius 1 is 1.70 bits per heavy atom. The Bertz CT molecular complexity index is 210. The van der Waals surface area contributed by atoms with Crippen molar-refractivity contribution in [3.8, 4) is 0 Å². The molecule has 1 nitrogen and oxygen atoms in total. The van der Waals surface area contributed by atoms with Crippen LogP contribution in [0.2, 0.25) is 4.34 Å². The minimum atomic E-state index is -0.392. The van der Waals surface area contributed by atoms with Crippen molar-refractivity contribution in [3.05, 3.63) is 20.8 Å². The summed E-state index contributed by atoms with van der Waals surface area (Å²) < 4.78 is 0.774. The van der Waals surface area contributed by atoms with Crippen LogP contribution in [0.25, 0.3) is 0 Å². The number of aliphatic hydroxyl groups is 1. The predicted octanol–water partition coefficient (Wildman–Crippen LogP) is 2.76. The zero-order valence-electron chi connectivity index (χ0n) is 5.89. The molecule has 1 aromatic rings. The van der Waals surface area contributed by atoms with E-state index in [0.717, 1.165) is 14.8 Å². The molecule has 0 aliphatic heterocycles. The monoisotopic (exact) mass is 176 g/mol. The Morgan fingerprint density at radius 3 is 2.50 bits per heavy atom. The van der Waals surface area contributed by atoms with Crippen LogP contribution in [-0.2, 0) is 0 Å². The van der Waals surface area contributed by atoms with E-state index in [4.69, 9.17) is 16.7 Å². The first-order valence-electron chi connectivity index (χ1n) is 3.05. The fourth-order valence-corrected chi connectivity index (χ4v) is 1.84. The smallest absolute Gasteiger partial charge is 0.0961 e. The quantitative estimate of drug-likeness (QED) is 0.698. The standard InChI is InChI=1S/C7H9ClOS/c1-4-3-6(5(2)9)10-7(4)8/h3,5,9H,1-2H3. The molecule has 0 aromatic carbocycles. The topological polar surface area (TPSA) is 20.2 Å². The van der Waals surface area contributed by atoms with Crippen LogP contribution >= 0.6 is 22.9 Å². The molecule has 1 N–H and O–H groups in total. The molecule has 0 aliphatic carbocycles. The van der Waals surface area contributed by atoms with Gasteiger partial charge in [-0.2, -0.15) is 0 Å². The first kappa shape index (κ1) is 8.05. The zero-order chi connectivity index (χ0) is 7.72. The Kier molecular flexibility index (Phi) is 2.34. The van der Waals surface area contributed by atoms with E-state index in [2.05, 4.69) is 0 Å². The molecular formula is C7H9ClOS. The summed E-state index contributed by atoms with van der Waals surface area (Å²) in [7, 11) is 0. The van der Waals surface area contributed by atoms with Crippen molar-refractivity contribution in [3.63, 3.8) is 0 Å². The van der Waals surface area contributed by atoms with Crippen molar-refractivity contribution in [2.75, 3.05) is 0 Å². The molecule has 56 valence electrons. The van der Waals surface area contributed by atoms with Gasteiger partial charge < -0.3 is 5.11 Å². The molecule has 0 saturated carbocycles. The molecule has 0 saturated heterocycles. The average molecular weight is 177 g/mol. The lowest BCUT2D eigenvalue weighted by Crippen LogP contribution is -1.83. The summed E-state index contributed by atoms with van der Waals surface area (Å²) in [5, 5.41) is 9.11. The number of halogens is 1. The van der Waals surface area contributed by atoms with Crippen LogP contribution in [0.4, 0.5) is 0 Å². The molecule has 0 aliphatic rings. The number of hydrogen-bond donors (Lipinski definition) is 1. The van der Waals surface area contributed by atoms with Crippen molar-refractivity contribution in [2.45, 2.75) is 20.0 Å². The predicted molar refractivity (Wildman–Crippen MR) is 44.7 cm³/mol. The van der Waals surface area contributed by atoms with Crippen LogP contribution in [0.15, 0.2) is 6.07 Å². The van der Waals surface area contributed by atoms with E-state index in [0.29, 0.717) is 0 Å². The fourth-order valence-electron chi connectivity index (χ4n) is 0.689. The SMILES string of the molecule is Cc1cc(C(C)O)sc1Cl. The Labute approximate surface area is 69.3 Å². The molecule has 1 aromatic heterocycles. The van der Waals surface area contributed by atoms with Crippen LogP contribution < -0.4 is 0 Å². The number of aryl methyl sites for hydroxylation is 1. The second-order valence-corrected chi connectivity index (χ2v) is 3.97. The van der Waals surface area contributed by atoms with Crippen LogP contribution in [0.1, 0.15) is 23.5 Å². The fraction of sp³-hybridized carbons (Fsp3) is 0.429. The summed E-state index contributed by atoms with van der Waals surface area (Å²) >= 11 is 7.22. The van der Waals surface area contributed by atoms with Gasteiger partial charge in [0, 0.05) is 4.88 Å². The van der Waals surface area contributed by atoms with Gasteiger partial charge in [0.05, 0.1) is 10.4 Å². The Hall–Kier alpha value is -0.0500. The maximum absolute atomic E-state index is 9.11. The molecule has 1 atom stereocenters. The second kappa shape index (κ2) is 2.91. The largest absolute Gasteiger partial charge is 0.388 e. The van der Waals surface area contributed by atoms with Gasteiger partial charge in [0.2, 0.25) is 0 Å². The summed E-state index contributed by atoms with van der Waals surface area (Å²) in [6, 6.07) is 1.91. The van der Waals surface area contributed by atoms with Crippen molar-refractivity contribution in [1.82, 2.24) is 0 Å². The minimum Gasteiger partial charge on any atom is -0.388 e. The lowest BCUT2D eigenvalue weighted by molar-refractivity contribution is 0.203. The molecule has 0 bridgehead atoms. The van der Waals surface area contributed by atoms with Crippen LogP contribution in [-0.4, -0.2) is 5.11 Å². The average Bonchev–Trinajstić information content (AvgIpc) is 2.13. The van der Waals surface area contributed by atoms with Gasteiger partial charge in [-0.1, -0.05) is 11.6 Å². The Balaban J connectivity index is 2.98. The summed E-state index contributed by atoms with van der Waals surface area (Å²) in [6.07, 6.45) is -0.392. The molecule has 0 spiro atoms. The molecule has 1 heterocycles. The normalized spacial score (nSPS) is 13.6. The lowest BCUT2D eigenvalue weighted by atomic mass is 10.3. The van der Waals surface area contributed by atoms with E-state index in [1.54, 1.807) is 6.92 Å². The summed E-state index contributed by atoms with van der Waals surface area (Å²) in [5.74, 6) is 0. The highest BCUT2D eigenvalue weighted by Crippen LogP contribution is 2.30. The van der Waals surface area contributed by atoms with E-state index in [9.17, 15) is 0 Å². The van der Waals surface area contributed by atoms with Gasteiger partial charge in [-0.05, 0) is 25.5 Å². The van der Waals surface area contributed by atoms with E-state index in [1.165, 1.54) is 11.3 Å². The first-order valence-corrected chi connectivity index (χ1v) is 4.24. The summed E-state index contributed by atoms with van der Waals surface area (Å²) in [6.45, 7) is 3.67. The number of aliphatic hydroxyl groups excluding tert-OH is 1. The summed E-state index contributed by atoms with van der Waals surface area (Å²) in [5.41, 5.74) is 1.04. The minimum absolute atomic E-state index is 0.392. The van der Waals surface area contributed by atoms with E-state index in [1.807, 2.05) is 13.0 Å². The van der Waals surface area contributed by atoms with Gasteiger partial charge in [0.1, 0.15) is 0 Å². The lowest BCUT2D eigenvalue weighted by Gasteiger charge is -1.95. The highest BCUT2D eigenvalue weighted by molar-refractivity contribution is 7.16. The van der Waals surface area contributed by atoms with Gasteiger partial charge in [-0.25, -0.2) is 0 Å². The van der Waals surface area contributed by atoms with Crippen molar-refractivity contribution >= 4 is 22.9 Å². The van der Waals surface area contributed by atoms with Gasteiger partial charge in [0.25, 0.3) is 0 Å². The molecule has 1 rings (SSSR count). The van der Waals surface area contributed by atoms with E-state index < -0.39 is 6.10 Å². The second-order valence-electron chi connectivity index (χ2n) is 2.28. The summed E-state index contributed by atoms with van der Waals surface area (Å²) in [4.78, 5) is 0.933.